The van der Waals surface area contributed by atoms with Gasteiger partial charge in [0.05, 0.1) is 17.2 Å². The molecule has 0 bridgehead atoms. The van der Waals surface area contributed by atoms with Crippen molar-refractivity contribution in [2.45, 2.75) is 45.6 Å². The first-order valence-electron chi connectivity index (χ1n) is 8.77. The summed E-state index contributed by atoms with van der Waals surface area (Å²) in [6, 6.07) is 11.1. The summed E-state index contributed by atoms with van der Waals surface area (Å²) in [4.78, 5) is 21.1. The maximum absolute atomic E-state index is 10.5. The Morgan fingerprint density at radius 3 is 1.89 bits per heavy atom. The van der Waals surface area contributed by atoms with Gasteiger partial charge in [-0.3, -0.25) is 0 Å². The van der Waals surface area contributed by atoms with E-state index in [1.165, 1.54) is 12.1 Å². The van der Waals surface area contributed by atoms with Crippen molar-refractivity contribution >= 4 is 11.9 Å². The third-order valence-corrected chi connectivity index (χ3v) is 3.90. The molecule has 6 heteroatoms. The van der Waals surface area contributed by atoms with Crippen LogP contribution in [-0.2, 0) is 6.42 Å². The van der Waals surface area contributed by atoms with Crippen LogP contribution in [-0.4, -0.2) is 38.5 Å². The number of hydrogen-bond acceptors (Lipinski definition) is 4. The molecule has 0 saturated heterocycles. The predicted octanol–water partition coefficient (Wildman–Crippen LogP) is 3.88. The van der Waals surface area contributed by atoms with Gasteiger partial charge in [-0.25, -0.2) is 9.59 Å². The fourth-order valence-electron chi connectivity index (χ4n) is 2.50. The summed E-state index contributed by atoms with van der Waals surface area (Å²) in [5, 5.41) is 35.8. The maximum Gasteiger partial charge on any atom is 0.335 e. The second kappa shape index (κ2) is 11.0. The number of aryl methyl sites for hydroxylation is 2. The molecule has 0 amide bonds. The molecule has 0 aromatic heterocycles. The number of aliphatic hydroxyl groups is 1. The first-order chi connectivity index (χ1) is 12.7. The van der Waals surface area contributed by atoms with Crippen molar-refractivity contribution in [2.75, 3.05) is 0 Å². The number of carboxylic acids is 2. The van der Waals surface area contributed by atoms with E-state index in [4.69, 9.17) is 15.3 Å². The molecule has 0 saturated carbocycles. The fraction of sp³-hybridized carbons (Fsp3) is 0.333. The van der Waals surface area contributed by atoms with E-state index >= 15 is 0 Å². The summed E-state index contributed by atoms with van der Waals surface area (Å²) >= 11 is 0. The number of hydrogen-bond donors (Lipinski definition) is 4. The van der Waals surface area contributed by atoms with E-state index < -0.39 is 11.9 Å². The molecule has 1 atom stereocenters. The molecule has 0 heterocycles. The lowest BCUT2D eigenvalue weighted by Crippen LogP contribution is -2.06. The Morgan fingerprint density at radius 1 is 0.926 bits per heavy atom. The number of carboxylic acid groups (broad SMARTS) is 2. The first-order valence-corrected chi connectivity index (χ1v) is 8.77. The lowest BCUT2D eigenvalue weighted by molar-refractivity contribution is 0.0696. The number of aromatic hydroxyl groups is 1. The molecule has 0 radical (unpaired) electrons. The zero-order valence-corrected chi connectivity index (χ0v) is 15.6. The van der Waals surface area contributed by atoms with Crippen molar-refractivity contribution in [2.24, 2.45) is 0 Å². The van der Waals surface area contributed by atoms with Gasteiger partial charge in [-0.1, -0.05) is 25.5 Å². The van der Waals surface area contributed by atoms with Gasteiger partial charge in [-0.05, 0) is 67.6 Å². The van der Waals surface area contributed by atoms with Gasteiger partial charge in [0.1, 0.15) is 5.75 Å². The molecule has 6 nitrogen and oxygen atoms in total. The molecule has 27 heavy (non-hydrogen) atoms. The summed E-state index contributed by atoms with van der Waals surface area (Å²) in [5.74, 6) is -1.94. The lowest BCUT2D eigenvalue weighted by atomic mass is 10.0. The summed E-state index contributed by atoms with van der Waals surface area (Å²) in [6.45, 7) is 3.72. The highest BCUT2D eigenvalue weighted by atomic mass is 16.4. The van der Waals surface area contributed by atoms with Crippen molar-refractivity contribution < 1.29 is 30.0 Å². The highest BCUT2D eigenvalue weighted by Crippen LogP contribution is 2.13. The smallest absolute Gasteiger partial charge is 0.335 e. The van der Waals surface area contributed by atoms with Crippen molar-refractivity contribution in [3.05, 3.63) is 64.7 Å². The molecule has 0 fully saturated rings. The normalized spacial score (nSPS) is 11.2. The summed E-state index contributed by atoms with van der Waals surface area (Å²) in [6.07, 6.45) is 3.39. The minimum absolute atomic E-state index is 0.00241. The molecule has 0 aliphatic heterocycles. The quantitative estimate of drug-likeness (QED) is 0.585. The van der Waals surface area contributed by atoms with Gasteiger partial charge in [-0.15, -0.1) is 0 Å². The van der Waals surface area contributed by atoms with Crippen LogP contribution in [0.4, 0.5) is 0 Å². The summed E-state index contributed by atoms with van der Waals surface area (Å²) in [5.41, 5.74) is 1.78. The lowest BCUT2D eigenvalue weighted by Gasteiger charge is -2.08. The van der Waals surface area contributed by atoms with Crippen LogP contribution >= 0.6 is 0 Å². The van der Waals surface area contributed by atoms with Gasteiger partial charge in [0.15, 0.2) is 0 Å². The SMILES string of the molecule is CCCC(O)CCc1ccc(O)cc1.Cc1cc(C(=O)O)cc(C(=O)O)c1. The number of rotatable bonds is 7. The maximum atomic E-state index is 10.5. The molecule has 0 aliphatic rings. The van der Waals surface area contributed by atoms with Crippen LogP contribution in [0.25, 0.3) is 0 Å². The molecular weight excluding hydrogens is 348 g/mol. The Bertz CT molecular complexity index is 720. The van der Waals surface area contributed by atoms with Crippen LogP contribution < -0.4 is 0 Å². The molecule has 2 rings (SSSR count). The van der Waals surface area contributed by atoms with E-state index in [-0.39, 0.29) is 17.2 Å². The summed E-state index contributed by atoms with van der Waals surface area (Å²) in [7, 11) is 0. The van der Waals surface area contributed by atoms with Gasteiger partial charge in [-0.2, -0.15) is 0 Å². The van der Waals surface area contributed by atoms with Gasteiger partial charge in [0, 0.05) is 0 Å². The monoisotopic (exact) mass is 374 g/mol. The summed E-state index contributed by atoms with van der Waals surface area (Å²) < 4.78 is 0. The number of aromatic carboxylic acids is 2. The Balaban J connectivity index is 0.000000271. The van der Waals surface area contributed by atoms with Gasteiger partial charge >= 0.3 is 11.9 Å². The average molecular weight is 374 g/mol. The molecule has 0 aliphatic carbocycles. The van der Waals surface area contributed by atoms with Crippen LogP contribution in [0.3, 0.4) is 0 Å². The van der Waals surface area contributed by atoms with Crippen LogP contribution in [0.15, 0.2) is 42.5 Å². The van der Waals surface area contributed by atoms with Crippen molar-refractivity contribution in [3.63, 3.8) is 0 Å². The molecule has 2 aromatic carbocycles. The van der Waals surface area contributed by atoms with Gasteiger partial charge < -0.3 is 20.4 Å². The molecule has 2 aromatic rings. The van der Waals surface area contributed by atoms with E-state index in [9.17, 15) is 14.7 Å². The Hall–Kier alpha value is -2.86. The Morgan fingerprint density at radius 2 is 1.44 bits per heavy atom. The van der Waals surface area contributed by atoms with E-state index in [1.54, 1.807) is 19.1 Å². The van der Waals surface area contributed by atoms with Gasteiger partial charge in [0.25, 0.3) is 0 Å². The van der Waals surface area contributed by atoms with E-state index in [0.29, 0.717) is 11.3 Å². The van der Waals surface area contributed by atoms with Crippen LogP contribution in [0, 0.1) is 6.92 Å². The van der Waals surface area contributed by atoms with Crippen LogP contribution in [0.2, 0.25) is 0 Å². The van der Waals surface area contributed by atoms with Crippen molar-refractivity contribution in [3.8, 4) is 5.75 Å². The second-order valence-corrected chi connectivity index (χ2v) is 6.35. The third kappa shape index (κ3) is 8.37. The number of carbonyl (C=O) groups is 2. The Kier molecular flexibility index (Phi) is 9.02. The zero-order chi connectivity index (χ0) is 20.4. The number of benzene rings is 2. The molecule has 146 valence electrons. The molecule has 1 unspecified atom stereocenters. The topological polar surface area (TPSA) is 115 Å². The zero-order valence-electron chi connectivity index (χ0n) is 15.6. The molecule has 0 spiro atoms. The first kappa shape index (κ1) is 22.2. The predicted molar refractivity (Wildman–Crippen MR) is 102 cm³/mol. The standard InChI is InChI=1S/C12H18O2.C9H8O4/c1-2-3-11(13)7-4-10-5-8-12(14)9-6-10;1-5-2-6(8(10)11)4-7(3-5)9(12)13/h5-6,8-9,11,13-14H,2-4,7H2,1H3;2-4H,1H3,(H,10,11)(H,12,13). The Labute approximate surface area is 158 Å². The van der Waals surface area contributed by atoms with E-state index in [1.807, 2.05) is 12.1 Å². The van der Waals surface area contributed by atoms with E-state index in [0.717, 1.165) is 37.3 Å². The van der Waals surface area contributed by atoms with E-state index in [2.05, 4.69) is 6.92 Å². The van der Waals surface area contributed by atoms with Crippen molar-refractivity contribution in [1.82, 2.24) is 0 Å². The molecular formula is C21H26O6. The minimum atomic E-state index is -1.12. The number of aliphatic hydroxyl groups excluding tert-OH is 1. The highest BCUT2D eigenvalue weighted by molar-refractivity contribution is 5.94. The van der Waals surface area contributed by atoms with Gasteiger partial charge in [0.2, 0.25) is 0 Å². The largest absolute Gasteiger partial charge is 0.508 e. The average Bonchev–Trinajstić information content (AvgIpc) is 2.61. The number of phenols is 1. The number of phenolic OH excluding ortho intramolecular Hbond substituents is 1. The highest BCUT2D eigenvalue weighted by Gasteiger charge is 2.09. The van der Waals surface area contributed by atoms with Crippen LogP contribution in [0.5, 0.6) is 5.75 Å². The third-order valence-electron chi connectivity index (χ3n) is 3.90. The fourth-order valence-corrected chi connectivity index (χ4v) is 2.50. The van der Waals surface area contributed by atoms with Crippen molar-refractivity contribution in [1.29, 1.82) is 0 Å². The van der Waals surface area contributed by atoms with Crippen LogP contribution in [0.1, 0.15) is 58.0 Å². The second-order valence-electron chi connectivity index (χ2n) is 6.35. The minimum Gasteiger partial charge on any atom is -0.508 e. The molecule has 4 N–H and O–H groups in total.